The first-order valence-electron chi connectivity index (χ1n) is 8.07. The van der Waals surface area contributed by atoms with Gasteiger partial charge in [-0.25, -0.2) is 0 Å². The molecule has 1 heterocycles. The molecule has 2 rings (SSSR count). The molecule has 1 aromatic heterocycles. The fraction of sp³-hybridized carbons (Fsp3) is 0.368. The minimum atomic E-state index is -0.122. The summed E-state index contributed by atoms with van der Waals surface area (Å²) in [5, 5.41) is 4.35. The molecule has 0 aliphatic carbocycles. The van der Waals surface area contributed by atoms with E-state index in [1.54, 1.807) is 18.2 Å². The van der Waals surface area contributed by atoms with Gasteiger partial charge in [0.2, 0.25) is 0 Å². The third-order valence-corrected chi connectivity index (χ3v) is 4.09. The van der Waals surface area contributed by atoms with E-state index in [9.17, 15) is 4.79 Å². The lowest BCUT2D eigenvalue weighted by atomic mass is 10.1. The average Bonchev–Trinajstić information content (AvgIpc) is 3.02. The maximum absolute atomic E-state index is 12.4. The molecule has 0 spiro atoms. The highest BCUT2D eigenvalue weighted by molar-refractivity contribution is 6.01. The largest absolute Gasteiger partial charge is 0.385 e. The summed E-state index contributed by atoms with van der Waals surface area (Å²) in [6, 6.07) is 7.97. The quantitative estimate of drug-likeness (QED) is 0.552. The highest BCUT2D eigenvalue weighted by Crippen LogP contribution is 2.21. The molecule has 0 radical (unpaired) electrons. The fourth-order valence-corrected chi connectivity index (χ4v) is 2.52. The first-order chi connectivity index (χ1) is 11.6. The summed E-state index contributed by atoms with van der Waals surface area (Å²) >= 11 is 0. The summed E-state index contributed by atoms with van der Waals surface area (Å²) in [5.74, 6) is -0.122. The molecule has 0 aliphatic rings. The predicted octanol–water partition coefficient (Wildman–Crippen LogP) is 3.26. The Hall–Kier alpha value is -2.40. The van der Waals surface area contributed by atoms with Crippen LogP contribution in [0.4, 0.5) is 5.69 Å². The van der Waals surface area contributed by atoms with Crippen molar-refractivity contribution in [3.63, 3.8) is 0 Å². The van der Waals surface area contributed by atoms with Crippen molar-refractivity contribution >= 4 is 11.6 Å². The van der Waals surface area contributed by atoms with Crippen molar-refractivity contribution in [2.45, 2.75) is 33.4 Å². The van der Waals surface area contributed by atoms with Crippen molar-refractivity contribution in [2.75, 3.05) is 18.6 Å². The van der Waals surface area contributed by atoms with Gasteiger partial charge in [0.05, 0.1) is 12.2 Å². The van der Waals surface area contributed by atoms with Gasteiger partial charge in [0.1, 0.15) is 0 Å². The number of nitrogens with zero attached hydrogens (tertiary/aromatic N) is 3. The van der Waals surface area contributed by atoms with Crippen LogP contribution in [-0.2, 0) is 22.6 Å². The third kappa shape index (κ3) is 4.32. The van der Waals surface area contributed by atoms with Crippen LogP contribution in [0.25, 0.3) is 0 Å². The Balaban J connectivity index is 2.24. The van der Waals surface area contributed by atoms with Crippen molar-refractivity contribution in [3.05, 3.63) is 59.9 Å². The number of anilines is 1. The van der Waals surface area contributed by atoms with E-state index in [1.807, 2.05) is 35.9 Å². The molecular formula is C19H25N3O2. The van der Waals surface area contributed by atoms with Crippen LogP contribution in [-0.4, -0.2) is 29.4 Å². The molecule has 0 fully saturated rings. The van der Waals surface area contributed by atoms with Crippen LogP contribution in [0.2, 0.25) is 0 Å². The summed E-state index contributed by atoms with van der Waals surface area (Å²) < 4.78 is 7.01. The summed E-state index contributed by atoms with van der Waals surface area (Å²) in [7, 11) is 1.69. The standard InChI is InChI=1S/C19H25N3O2/c1-5-19(23)21(17-8-7-15(2)16(3)13-17)14-18-9-10-20-22(18)11-6-12-24-4/h5,7-10,13H,1,6,11-12,14H2,2-4H3. The average molecular weight is 327 g/mol. The van der Waals surface area contributed by atoms with Gasteiger partial charge < -0.3 is 9.64 Å². The van der Waals surface area contributed by atoms with Crippen LogP contribution in [0.1, 0.15) is 23.2 Å². The van der Waals surface area contributed by atoms with Gasteiger partial charge in [-0.05, 0) is 55.7 Å². The van der Waals surface area contributed by atoms with Crippen molar-refractivity contribution < 1.29 is 9.53 Å². The lowest BCUT2D eigenvalue weighted by Gasteiger charge is -2.23. The number of carbonyl (C=O) groups is 1. The fourth-order valence-electron chi connectivity index (χ4n) is 2.52. The smallest absolute Gasteiger partial charge is 0.250 e. The zero-order chi connectivity index (χ0) is 17.5. The Morgan fingerprint density at radius 3 is 2.79 bits per heavy atom. The number of rotatable bonds is 8. The van der Waals surface area contributed by atoms with Gasteiger partial charge in [-0.2, -0.15) is 5.10 Å². The van der Waals surface area contributed by atoms with Gasteiger partial charge in [0.25, 0.3) is 5.91 Å². The van der Waals surface area contributed by atoms with Crippen molar-refractivity contribution in [1.29, 1.82) is 0 Å². The van der Waals surface area contributed by atoms with Gasteiger partial charge in [-0.3, -0.25) is 9.48 Å². The van der Waals surface area contributed by atoms with Crippen LogP contribution in [0.3, 0.4) is 0 Å². The molecule has 128 valence electrons. The predicted molar refractivity (Wildman–Crippen MR) is 96.0 cm³/mol. The molecule has 2 aromatic rings. The Bertz CT molecular complexity index is 706. The molecule has 0 unspecified atom stereocenters. The topological polar surface area (TPSA) is 47.4 Å². The number of hydrogen-bond donors (Lipinski definition) is 0. The first kappa shape index (κ1) is 17.9. The molecule has 5 nitrogen and oxygen atoms in total. The monoisotopic (exact) mass is 327 g/mol. The number of methoxy groups -OCH3 is 1. The van der Waals surface area contributed by atoms with E-state index in [2.05, 4.69) is 18.6 Å². The van der Waals surface area contributed by atoms with E-state index < -0.39 is 0 Å². The second-order valence-electron chi connectivity index (χ2n) is 5.79. The minimum absolute atomic E-state index is 0.122. The van der Waals surface area contributed by atoms with Crippen molar-refractivity contribution in [3.8, 4) is 0 Å². The van der Waals surface area contributed by atoms with Crippen LogP contribution in [0.15, 0.2) is 43.1 Å². The minimum Gasteiger partial charge on any atom is -0.385 e. The number of amides is 1. The lowest BCUT2D eigenvalue weighted by molar-refractivity contribution is -0.114. The summed E-state index contributed by atoms with van der Waals surface area (Å²) in [6.45, 7) is 9.64. The molecule has 0 aliphatic heterocycles. The van der Waals surface area contributed by atoms with Gasteiger partial charge in [-0.1, -0.05) is 12.6 Å². The van der Waals surface area contributed by atoms with Crippen LogP contribution in [0, 0.1) is 13.8 Å². The first-order valence-corrected chi connectivity index (χ1v) is 8.07. The second kappa shape index (κ2) is 8.45. The van der Waals surface area contributed by atoms with E-state index in [4.69, 9.17) is 4.74 Å². The maximum Gasteiger partial charge on any atom is 0.250 e. The van der Waals surface area contributed by atoms with Gasteiger partial charge >= 0.3 is 0 Å². The molecule has 0 saturated heterocycles. The molecule has 0 bridgehead atoms. The van der Waals surface area contributed by atoms with Crippen molar-refractivity contribution in [1.82, 2.24) is 9.78 Å². The van der Waals surface area contributed by atoms with Gasteiger partial charge in [-0.15, -0.1) is 0 Å². The zero-order valence-electron chi connectivity index (χ0n) is 14.7. The van der Waals surface area contributed by atoms with E-state index in [1.165, 1.54) is 11.6 Å². The molecule has 1 aromatic carbocycles. The molecular weight excluding hydrogens is 302 g/mol. The molecule has 0 saturated carbocycles. The van der Waals surface area contributed by atoms with E-state index in [-0.39, 0.29) is 5.91 Å². The van der Waals surface area contributed by atoms with E-state index in [0.29, 0.717) is 13.2 Å². The summed E-state index contributed by atoms with van der Waals surface area (Å²) in [4.78, 5) is 14.1. The molecule has 0 atom stereocenters. The van der Waals surface area contributed by atoms with E-state index >= 15 is 0 Å². The number of hydrogen-bond acceptors (Lipinski definition) is 3. The van der Waals surface area contributed by atoms with Gasteiger partial charge in [0, 0.05) is 32.1 Å². The third-order valence-electron chi connectivity index (χ3n) is 4.09. The maximum atomic E-state index is 12.4. The second-order valence-corrected chi connectivity index (χ2v) is 5.79. The van der Waals surface area contributed by atoms with Crippen molar-refractivity contribution in [2.24, 2.45) is 0 Å². The van der Waals surface area contributed by atoms with Gasteiger partial charge in [0.15, 0.2) is 0 Å². The van der Waals surface area contributed by atoms with Crippen LogP contribution < -0.4 is 4.90 Å². The number of benzene rings is 1. The van der Waals surface area contributed by atoms with Crippen LogP contribution in [0.5, 0.6) is 0 Å². The Morgan fingerprint density at radius 2 is 2.12 bits per heavy atom. The number of aryl methyl sites for hydroxylation is 3. The molecule has 1 amide bonds. The molecule has 0 N–H and O–H groups in total. The Morgan fingerprint density at radius 1 is 1.33 bits per heavy atom. The Labute approximate surface area is 143 Å². The number of carbonyl (C=O) groups excluding carboxylic acids is 1. The molecule has 24 heavy (non-hydrogen) atoms. The summed E-state index contributed by atoms with van der Waals surface area (Å²) in [6.07, 6.45) is 3.99. The zero-order valence-corrected chi connectivity index (χ0v) is 14.7. The Kier molecular flexibility index (Phi) is 6.32. The lowest BCUT2D eigenvalue weighted by Crippen LogP contribution is -2.30. The van der Waals surface area contributed by atoms with E-state index in [0.717, 1.165) is 29.9 Å². The highest BCUT2D eigenvalue weighted by atomic mass is 16.5. The number of aromatic nitrogens is 2. The number of ether oxygens (including phenoxy) is 1. The van der Waals surface area contributed by atoms with Crippen LogP contribution >= 0.6 is 0 Å². The summed E-state index contributed by atoms with van der Waals surface area (Å²) in [5.41, 5.74) is 4.21. The molecule has 5 heteroatoms. The highest BCUT2D eigenvalue weighted by Gasteiger charge is 2.16. The SMILES string of the molecule is C=CC(=O)N(Cc1ccnn1CCCOC)c1ccc(C)c(C)c1. The normalized spacial score (nSPS) is 10.6.